The van der Waals surface area contributed by atoms with E-state index >= 15 is 4.79 Å². The third kappa shape index (κ3) is 5.94. The quantitative estimate of drug-likeness (QED) is 0.212. The number of likely N-dealkylation sites (tertiary alicyclic amines) is 1. The van der Waals surface area contributed by atoms with Crippen molar-refractivity contribution in [1.29, 1.82) is 0 Å². The third-order valence-electron chi connectivity index (χ3n) is 12.4. The molecule has 1 saturated carbocycles. The molecule has 5 aliphatic heterocycles. The lowest BCUT2D eigenvalue weighted by molar-refractivity contribution is -0.218. The Morgan fingerprint density at radius 2 is 1.73 bits per heavy atom. The summed E-state index contributed by atoms with van der Waals surface area (Å²) in [5.74, 6) is -3.74. The van der Waals surface area contributed by atoms with Gasteiger partial charge in [0, 0.05) is 43.8 Å². The molecule has 15 heteroatoms. The van der Waals surface area contributed by atoms with Crippen molar-refractivity contribution < 1.29 is 57.6 Å². The van der Waals surface area contributed by atoms with E-state index in [2.05, 4.69) is 5.32 Å². The number of amides is 2. The van der Waals surface area contributed by atoms with Crippen molar-refractivity contribution in [2.24, 2.45) is 10.8 Å². The summed E-state index contributed by atoms with van der Waals surface area (Å²) in [6.07, 6.45) is 0.595. The second-order valence-corrected chi connectivity index (χ2v) is 16.5. The summed E-state index contributed by atoms with van der Waals surface area (Å²) in [7, 11) is 0. The van der Waals surface area contributed by atoms with Gasteiger partial charge in [-0.1, -0.05) is 62.4 Å². The lowest BCUT2D eigenvalue weighted by atomic mass is 9.62. The van der Waals surface area contributed by atoms with Crippen LogP contribution in [0.2, 0.25) is 0 Å². The van der Waals surface area contributed by atoms with Crippen LogP contribution in [0.3, 0.4) is 0 Å². The number of cyclic esters (lactones) is 1. The van der Waals surface area contributed by atoms with Crippen molar-refractivity contribution in [3.8, 4) is 0 Å². The molecule has 1 spiro atoms. The smallest absolute Gasteiger partial charge is 0.348 e. The highest BCUT2D eigenvalue weighted by Gasteiger charge is 2.77. The fraction of sp³-hybridized carbons (Fsp3) is 0.537. The van der Waals surface area contributed by atoms with Crippen molar-refractivity contribution in [1.82, 2.24) is 15.3 Å². The molecule has 2 bridgehead atoms. The Hall–Kier alpha value is -4.67. The lowest BCUT2D eigenvalue weighted by Gasteiger charge is -2.50. The van der Waals surface area contributed by atoms with Crippen LogP contribution in [-0.2, 0) is 71.9 Å². The molecule has 6 fully saturated rings. The van der Waals surface area contributed by atoms with Gasteiger partial charge >= 0.3 is 17.9 Å². The molecule has 56 heavy (non-hydrogen) atoms. The highest BCUT2D eigenvalue weighted by molar-refractivity contribution is 5.97. The minimum absolute atomic E-state index is 0.0166. The number of hydroxylamine groups is 2. The number of rotatable bonds is 9. The van der Waals surface area contributed by atoms with E-state index < -0.39 is 77.1 Å². The predicted molar refractivity (Wildman–Crippen MR) is 192 cm³/mol. The molecular weight excluding hydrogens is 726 g/mol. The maximum Gasteiger partial charge on any atom is 0.348 e. The van der Waals surface area contributed by atoms with Crippen molar-refractivity contribution in [2.75, 3.05) is 26.3 Å². The van der Waals surface area contributed by atoms with Gasteiger partial charge in [-0.15, -0.1) is 0 Å². The average Bonchev–Trinajstić information content (AvgIpc) is 4.00. The van der Waals surface area contributed by atoms with Gasteiger partial charge in [-0.25, -0.2) is 9.59 Å². The summed E-state index contributed by atoms with van der Waals surface area (Å²) in [5.41, 5.74) is 1.31. The van der Waals surface area contributed by atoms with Gasteiger partial charge in [0.1, 0.15) is 42.5 Å². The monoisotopic (exact) mass is 771 g/mol. The molecule has 2 N–H and O–H groups in total. The summed E-state index contributed by atoms with van der Waals surface area (Å²) in [5, 5.41) is 13.6. The van der Waals surface area contributed by atoms with Crippen molar-refractivity contribution in [2.45, 2.75) is 101 Å². The van der Waals surface area contributed by atoms with Gasteiger partial charge in [0.05, 0.1) is 13.2 Å². The second kappa shape index (κ2) is 13.8. The first kappa shape index (κ1) is 36.9. The molecule has 0 unspecified atom stereocenters. The highest BCUT2D eigenvalue weighted by atomic mass is 16.8. The van der Waals surface area contributed by atoms with Crippen LogP contribution in [-0.4, -0.2) is 119 Å². The van der Waals surface area contributed by atoms with E-state index in [1.807, 2.05) is 36.4 Å². The van der Waals surface area contributed by atoms with Crippen molar-refractivity contribution in [3.63, 3.8) is 0 Å². The molecule has 5 heterocycles. The number of fused-ring (bicyclic) bond motifs is 5. The highest BCUT2D eigenvalue weighted by Crippen LogP contribution is 2.59. The van der Waals surface area contributed by atoms with Crippen LogP contribution in [0.1, 0.15) is 55.4 Å². The summed E-state index contributed by atoms with van der Waals surface area (Å²) < 4.78 is 30.4. The Labute approximate surface area is 323 Å². The first-order valence-corrected chi connectivity index (χ1v) is 19.3. The van der Waals surface area contributed by atoms with Crippen LogP contribution in [0.4, 0.5) is 0 Å². The molecule has 5 saturated heterocycles. The molecule has 8 atom stereocenters. The Kier molecular flexibility index (Phi) is 9.08. The predicted octanol–water partition coefficient (Wildman–Crippen LogP) is 1.37. The number of esters is 3. The summed E-state index contributed by atoms with van der Waals surface area (Å²) in [6, 6.07) is 13.2. The molecule has 15 nitrogen and oxygen atoms in total. The fourth-order valence-electron chi connectivity index (χ4n) is 9.84. The van der Waals surface area contributed by atoms with E-state index in [1.54, 1.807) is 37.0 Å². The maximum atomic E-state index is 15.3. The standard InChI is InChI=1S/C41H45N3O12/c1-39(2)22-51-37(49)34(39)53-29(46)14-13-23-8-3-6-11-26(23)21-44-32-36(48)52-28-20-41(32,38(50)43-16-7-12-27(43)35(47)42-15-17-45)33(56-44)31-30(28)54-40(55-31)18-24-9-4-5-10-25(24)19-40/h3-6,8-11,13-14,27-28,30-34,45H,7,12,15-22H2,1-2H3,(H,42,47)/t27-,28-,30+,31+,32+,33-,34+,41+/m1/s1. The zero-order valence-electron chi connectivity index (χ0n) is 31.2. The van der Waals surface area contributed by atoms with Gasteiger partial charge in [-0.3, -0.25) is 19.2 Å². The molecule has 2 aromatic carbocycles. The lowest BCUT2D eigenvalue weighted by Crippen LogP contribution is -2.70. The number of aliphatic hydroxyl groups is 1. The maximum absolute atomic E-state index is 15.3. The van der Waals surface area contributed by atoms with Gasteiger partial charge in [0.25, 0.3) is 0 Å². The van der Waals surface area contributed by atoms with E-state index in [0.29, 0.717) is 43.4 Å². The Balaban J connectivity index is 1.04. The van der Waals surface area contributed by atoms with Crippen LogP contribution < -0.4 is 5.32 Å². The number of hydrogen-bond donors (Lipinski definition) is 2. The van der Waals surface area contributed by atoms with Crippen LogP contribution in [0, 0.1) is 10.8 Å². The van der Waals surface area contributed by atoms with Crippen LogP contribution in [0.15, 0.2) is 54.6 Å². The first-order valence-electron chi connectivity index (χ1n) is 19.3. The van der Waals surface area contributed by atoms with E-state index in [-0.39, 0.29) is 44.5 Å². The van der Waals surface area contributed by atoms with Crippen molar-refractivity contribution in [3.05, 3.63) is 76.9 Å². The topological polar surface area (TPSA) is 179 Å². The number of ether oxygens (including phenoxy) is 5. The van der Waals surface area contributed by atoms with Crippen LogP contribution in [0.5, 0.6) is 0 Å². The Bertz CT molecular complexity index is 1980. The zero-order valence-corrected chi connectivity index (χ0v) is 31.2. The summed E-state index contributed by atoms with van der Waals surface area (Å²) >= 11 is 0. The normalized spacial score (nSPS) is 33.3. The fourth-order valence-corrected chi connectivity index (χ4v) is 9.84. The molecule has 7 aliphatic rings. The molecule has 9 rings (SSSR count). The van der Waals surface area contributed by atoms with Crippen LogP contribution >= 0.6 is 0 Å². The van der Waals surface area contributed by atoms with E-state index in [4.69, 9.17) is 28.5 Å². The van der Waals surface area contributed by atoms with Gasteiger partial charge in [-0.05, 0) is 41.2 Å². The van der Waals surface area contributed by atoms with Gasteiger partial charge < -0.3 is 39.0 Å². The number of nitrogens with zero attached hydrogens (tertiary/aromatic N) is 2. The SMILES string of the molecule is CC1(C)COC(=O)[C@@H]1OC(=O)C=Cc1ccccc1CN1O[C@@H]2[C@H]3OC4(Cc5ccccc5C4)O[C@H]3[C@H]3C[C@]2(C(=O)N2CCC[C@@H]2C(=O)NCCO)[C@@H]1C(=O)O3. The third-order valence-corrected chi connectivity index (χ3v) is 12.4. The summed E-state index contributed by atoms with van der Waals surface area (Å²) in [6.45, 7) is 3.84. The number of carbonyl (C=O) groups excluding carboxylic acids is 5. The zero-order chi connectivity index (χ0) is 39.0. The summed E-state index contributed by atoms with van der Waals surface area (Å²) in [4.78, 5) is 76.4. The molecule has 2 aliphatic carbocycles. The minimum atomic E-state index is -1.49. The number of nitrogens with one attached hydrogen (secondary N) is 1. The van der Waals surface area contributed by atoms with Gasteiger partial charge in [-0.2, -0.15) is 5.06 Å². The number of aliphatic hydroxyl groups excluding tert-OH is 1. The first-order chi connectivity index (χ1) is 26.9. The molecule has 2 aromatic rings. The van der Waals surface area contributed by atoms with Gasteiger partial charge in [0.2, 0.25) is 17.9 Å². The largest absolute Gasteiger partial charge is 0.462 e. The number of benzene rings is 2. The second-order valence-electron chi connectivity index (χ2n) is 16.5. The van der Waals surface area contributed by atoms with E-state index in [9.17, 15) is 24.3 Å². The van der Waals surface area contributed by atoms with E-state index in [1.165, 1.54) is 11.1 Å². The Morgan fingerprint density at radius 3 is 2.46 bits per heavy atom. The number of hydrogen-bond acceptors (Lipinski definition) is 13. The molecule has 296 valence electrons. The molecule has 2 amide bonds. The van der Waals surface area contributed by atoms with E-state index in [0.717, 1.165) is 11.1 Å². The van der Waals surface area contributed by atoms with Crippen molar-refractivity contribution >= 4 is 35.8 Å². The molecule has 0 aromatic heterocycles. The molecular formula is C41H45N3O12. The number of carbonyl (C=O) groups is 5. The minimum Gasteiger partial charge on any atom is -0.462 e. The average molecular weight is 772 g/mol. The van der Waals surface area contributed by atoms with Gasteiger partial charge in [0.15, 0.2) is 11.8 Å². The Morgan fingerprint density at radius 1 is 1.00 bits per heavy atom. The van der Waals surface area contributed by atoms with Crippen LogP contribution in [0.25, 0.3) is 6.08 Å². The molecule has 0 radical (unpaired) electrons.